The molecule has 0 amide bonds. The molecular formula is C14H22N2O. The van der Waals surface area contributed by atoms with E-state index in [2.05, 4.69) is 36.2 Å². The van der Waals surface area contributed by atoms with E-state index in [0.717, 1.165) is 26.0 Å². The monoisotopic (exact) mass is 234 g/mol. The van der Waals surface area contributed by atoms with Crippen LogP contribution < -0.4 is 5.73 Å². The summed E-state index contributed by atoms with van der Waals surface area (Å²) in [6.07, 6.45) is 2.11. The smallest absolute Gasteiger partial charge is 0.0589 e. The fourth-order valence-corrected chi connectivity index (χ4v) is 2.71. The van der Waals surface area contributed by atoms with Crippen LogP contribution in [0.15, 0.2) is 24.3 Å². The van der Waals surface area contributed by atoms with Crippen molar-refractivity contribution in [2.45, 2.75) is 18.4 Å². The molecule has 94 valence electrons. The van der Waals surface area contributed by atoms with Gasteiger partial charge in [0.2, 0.25) is 0 Å². The topological polar surface area (TPSA) is 38.5 Å². The molecule has 0 fully saturated rings. The van der Waals surface area contributed by atoms with Crippen LogP contribution in [0.1, 0.15) is 11.1 Å². The predicted molar refractivity (Wildman–Crippen MR) is 70.1 cm³/mol. The summed E-state index contributed by atoms with van der Waals surface area (Å²) in [5.41, 5.74) is 9.02. The van der Waals surface area contributed by atoms with Crippen LogP contribution in [0.3, 0.4) is 0 Å². The van der Waals surface area contributed by atoms with Gasteiger partial charge in [-0.3, -0.25) is 4.90 Å². The summed E-state index contributed by atoms with van der Waals surface area (Å²) < 4.78 is 5.16. The quantitative estimate of drug-likeness (QED) is 0.828. The van der Waals surface area contributed by atoms with Crippen molar-refractivity contribution in [2.75, 3.05) is 33.9 Å². The van der Waals surface area contributed by atoms with Crippen LogP contribution in [0.2, 0.25) is 0 Å². The van der Waals surface area contributed by atoms with Crippen LogP contribution in [0.25, 0.3) is 0 Å². The lowest BCUT2D eigenvalue weighted by molar-refractivity contribution is 0.0891. The molecule has 0 saturated heterocycles. The Balaban J connectivity index is 2.14. The van der Waals surface area contributed by atoms with E-state index in [0.29, 0.717) is 6.54 Å². The third kappa shape index (κ3) is 2.37. The van der Waals surface area contributed by atoms with Gasteiger partial charge in [0.25, 0.3) is 0 Å². The average Bonchev–Trinajstić information content (AvgIpc) is 2.75. The maximum atomic E-state index is 6.04. The Morgan fingerprint density at radius 3 is 2.35 bits per heavy atom. The molecule has 1 aliphatic carbocycles. The first kappa shape index (κ1) is 12.6. The van der Waals surface area contributed by atoms with Crippen molar-refractivity contribution in [3.05, 3.63) is 35.4 Å². The summed E-state index contributed by atoms with van der Waals surface area (Å²) in [5.74, 6) is 0. The summed E-state index contributed by atoms with van der Waals surface area (Å²) in [7, 11) is 3.89. The van der Waals surface area contributed by atoms with Crippen LogP contribution in [-0.4, -0.2) is 44.3 Å². The van der Waals surface area contributed by atoms with Crippen LogP contribution in [0.5, 0.6) is 0 Å². The summed E-state index contributed by atoms with van der Waals surface area (Å²) >= 11 is 0. The maximum absolute atomic E-state index is 6.04. The Morgan fingerprint density at radius 1 is 1.29 bits per heavy atom. The highest BCUT2D eigenvalue weighted by atomic mass is 16.5. The number of nitrogens with zero attached hydrogens (tertiary/aromatic N) is 1. The lowest BCUT2D eigenvalue weighted by atomic mass is 9.94. The Labute approximate surface area is 104 Å². The van der Waals surface area contributed by atoms with Gasteiger partial charge >= 0.3 is 0 Å². The first-order valence-electron chi connectivity index (χ1n) is 6.19. The molecule has 1 aliphatic rings. The molecule has 1 aromatic carbocycles. The van der Waals surface area contributed by atoms with Gasteiger partial charge in [0.15, 0.2) is 0 Å². The van der Waals surface area contributed by atoms with Crippen LogP contribution in [0, 0.1) is 0 Å². The maximum Gasteiger partial charge on any atom is 0.0589 e. The molecular weight excluding hydrogens is 212 g/mol. The van der Waals surface area contributed by atoms with Crippen LogP contribution in [-0.2, 0) is 17.6 Å². The van der Waals surface area contributed by atoms with E-state index in [1.54, 1.807) is 7.11 Å². The first-order valence-corrected chi connectivity index (χ1v) is 6.19. The van der Waals surface area contributed by atoms with E-state index >= 15 is 0 Å². The van der Waals surface area contributed by atoms with Crippen LogP contribution >= 0.6 is 0 Å². The Kier molecular flexibility index (Phi) is 3.82. The highest BCUT2D eigenvalue weighted by Gasteiger charge is 2.38. The lowest BCUT2D eigenvalue weighted by Gasteiger charge is -2.37. The van der Waals surface area contributed by atoms with Gasteiger partial charge in [0, 0.05) is 25.7 Å². The summed E-state index contributed by atoms with van der Waals surface area (Å²) in [5, 5.41) is 0. The molecule has 0 atom stereocenters. The van der Waals surface area contributed by atoms with Gasteiger partial charge < -0.3 is 10.5 Å². The Bertz CT molecular complexity index is 353. The molecule has 2 N–H and O–H groups in total. The van der Waals surface area contributed by atoms with Gasteiger partial charge in [0.05, 0.1) is 6.61 Å². The normalized spacial score (nSPS) is 17.4. The van der Waals surface area contributed by atoms with Gasteiger partial charge in [-0.05, 0) is 31.0 Å². The zero-order chi connectivity index (χ0) is 12.3. The summed E-state index contributed by atoms with van der Waals surface area (Å²) in [6.45, 7) is 2.39. The van der Waals surface area contributed by atoms with Crippen molar-refractivity contribution in [1.29, 1.82) is 0 Å². The van der Waals surface area contributed by atoms with Gasteiger partial charge in [-0.25, -0.2) is 0 Å². The largest absolute Gasteiger partial charge is 0.383 e. The van der Waals surface area contributed by atoms with Crippen molar-refractivity contribution in [1.82, 2.24) is 4.90 Å². The average molecular weight is 234 g/mol. The number of methoxy groups -OCH3 is 1. The Hall–Kier alpha value is -0.900. The summed E-state index contributed by atoms with van der Waals surface area (Å²) in [4.78, 5) is 2.36. The van der Waals surface area contributed by atoms with Crippen LogP contribution in [0.4, 0.5) is 0 Å². The second kappa shape index (κ2) is 5.17. The fourth-order valence-electron chi connectivity index (χ4n) is 2.71. The Morgan fingerprint density at radius 2 is 1.88 bits per heavy atom. The molecule has 0 spiro atoms. The number of ether oxygens (including phenoxy) is 1. The molecule has 0 unspecified atom stereocenters. The number of nitrogens with two attached hydrogens (primary N) is 1. The van der Waals surface area contributed by atoms with E-state index in [1.165, 1.54) is 11.1 Å². The lowest BCUT2D eigenvalue weighted by Crippen LogP contribution is -2.53. The van der Waals surface area contributed by atoms with Gasteiger partial charge in [-0.15, -0.1) is 0 Å². The molecule has 3 heteroatoms. The van der Waals surface area contributed by atoms with E-state index in [1.807, 2.05) is 0 Å². The van der Waals surface area contributed by atoms with E-state index in [4.69, 9.17) is 10.5 Å². The standard InChI is InChI=1S/C14H22N2O/c1-16(7-8-17-2)14(11-15)9-12-5-3-4-6-13(12)10-14/h3-6H,7-11,15H2,1-2H3. The van der Waals surface area contributed by atoms with Crippen molar-refractivity contribution in [2.24, 2.45) is 5.73 Å². The molecule has 2 rings (SSSR count). The second-order valence-corrected chi connectivity index (χ2v) is 4.97. The molecule has 0 aliphatic heterocycles. The molecule has 1 aromatic rings. The highest BCUT2D eigenvalue weighted by molar-refractivity contribution is 5.36. The molecule has 3 nitrogen and oxygen atoms in total. The number of hydrogen-bond donors (Lipinski definition) is 1. The number of benzene rings is 1. The van der Waals surface area contributed by atoms with Crippen molar-refractivity contribution < 1.29 is 4.74 Å². The minimum absolute atomic E-state index is 0.0855. The zero-order valence-corrected chi connectivity index (χ0v) is 10.8. The summed E-state index contributed by atoms with van der Waals surface area (Å²) in [6, 6.07) is 8.66. The van der Waals surface area contributed by atoms with Gasteiger partial charge in [-0.2, -0.15) is 0 Å². The SMILES string of the molecule is COCCN(C)C1(CN)Cc2ccccc2C1. The fraction of sp³-hybridized carbons (Fsp3) is 0.571. The van der Waals surface area contributed by atoms with Crippen molar-refractivity contribution in [3.8, 4) is 0 Å². The first-order chi connectivity index (χ1) is 8.22. The zero-order valence-electron chi connectivity index (χ0n) is 10.8. The van der Waals surface area contributed by atoms with E-state index in [9.17, 15) is 0 Å². The number of hydrogen-bond acceptors (Lipinski definition) is 3. The van der Waals surface area contributed by atoms with Gasteiger partial charge in [-0.1, -0.05) is 24.3 Å². The molecule has 0 radical (unpaired) electrons. The molecule has 0 saturated carbocycles. The van der Waals surface area contributed by atoms with E-state index in [-0.39, 0.29) is 5.54 Å². The van der Waals surface area contributed by atoms with Crippen molar-refractivity contribution >= 4 is 0 Å². The molecule has 0 bridgehead atoms. The minimum atomic E-state index is 0.0855. The number of rotatable bonds is 5. The second-order valence-electron chi connectivity index (χ2n) is 4.97. The third-order valence-corrected chi connectivity index (χ3v) is 3.98. The third-order valence-electron chi connectivity index (χ3n) is 3.98. The molecule has 17 heavy (non-hydrogen) atoms. The minimum Gasteiger partial charge on any atom is -0.383 e. The highest BCUT2D eigenvalue weighted by Crippen LogP contribution is 2.33. The molecule has 0 heterocycles. The number of fused-ring (bicyclic) bond motifs is 1. The van der Waals surface area contributed by atoms with Gasteiger partial charge in [0.1, 0.15) is 0 Å². The van der Waals surface area contributed by atoms with Crippen molar-refractivity contribution in [3.63, 3.8) is 0 Å². The molecule has 0 aromatic heterocycles. The van der Waals surface area contributed by atoms with E-state index < -0.39 is 0 Å². The number of likely N-dealkylation sites (N-methyl/N-ethyl adjacent to an activating group) is 1. The predicted octanol–water partition coefficient (Wildman–Crippen LogP) is 1.06.